The highest BCUT2D eigenvalue weighted by Crippen LogP contribution is 2.12. The second-order valence-corrected chi connectivity index (χ2v) is 4.78. The first-order valence-corrected chi connectivity index (χ1v) is 7.28. The highest BCUT2D eigenvalue weighted by atomic mass is 127. The van der Waals surface area contributed by atoms with Crippen molar-refractivity contribution in [3.05, 3.63) is 36.7 Å². The second-order valence-electron chi connectivity index (χ2n) is 2.62. The summed E-state index contributed by atoms with van der Waals surface area (Å²) in [7, 11) is 0. The summed E-state index contributed by atoms with van der Waals surface area (Å²) < 4.78 is 16.9. The maximum atomic E-state index is 11.7. The van der Waals surface area contributed by atoms with Crippen LogP contribution in [0.1, 0.15) is 19.3 Å². The summed E-state index contributed by atoms with van der Waals surface area (Å²) in [6.45, 7) is 3.67. The lowest BCUT2D eigenvalue weighted by Gasteiger charge is -2.01. The molecule has 0 bridgehead atoms. The Morgan fingerprint density at radius 3 is 2.77 bits per heavy atom. The van der Waals surface area contributed by atoms with E-state index in [4.69, 9.17) is 0 Å². The molecule has 0 saturated carbocycles. The molecule has 0 nitrogen and oxygen atoms in total. The van der Waals surface area contributed by atoms with Gasteiger partial charge in [0.05, 0.1) is 6.33 Å². The third-order valence-corrected chi connectivity index (χ3v) is 3.10. The molecule has 0 N–H and O–H groups in total. The summed E-state index contributed by atoms with van der Waals surface area (Å²) in [6, 6.07) is 0. The van der Waals surface area contributed by atoms with E-state index in [0.29, 0.717) is 6.33 Å². The van der Waals surface area contributed by atoms with Gasteiger partial charge < -0.3 is 0 Å². The van der Waals surface area contributed by atoms with E-state index in [1.807, 2.05) is 12.2 Å². The lowest BCUT2D eigenvalue weighted by molar-refractivity contribution is 0.721. The van der Waals surface area contributed by atoms with Gasteiger partial charge in [-0.15, -0.1) is 27.3 Å². The van der Waals surface area contributed by atoms with Gasteiger partial charge in [0.1, 0.15) is 0 Å². The number of rotatable bonds is 7. The first-order valence-electron chi connectivity index (χ1n) is 4.23. The van der Waals surface area contributed by atoms with E-state index < -0.39 is 0 Å². The van der Waals surface area contributed by atoms with Crippen LogP contribution in [0.2, 0.25) is 0 Å². The normalized spacial score (nSPS) is 12.2. The van der Waals surface area contributed by atoms with Crippen LogP contribution in [0.3, 0.4) is 0 Å². The zero-order valence-electron chi connectivity index (χ0n) is 7.81. The summed E-state index contributed by atoms with van der Waals surface area (Å²) in [4.78, 5) is 0. The molecule has 0 saturated heterocycles. The van der Waals surface area contributed by atoms with Gasteiger partial charge >= 0.3 is 0 Å². The highest BCUT2D eigenvalue weighted by Gasteiger charge is 1.92. The van der Waals surface area contributed by atoms with Gasteiger partial charge in [0.2, 0.25) is 0 Å². The molecular weight excluding hydrogens is 278 g/mol. The summed E-state index contributed by atoms with van der Waals surface area (Å²) in [5.41, 5.74) is 1.25. The van der Waals surface area contributed by atoms with Gasteiger partial charge in [0.25, 0.3) is 0 Å². The van der Waals surface area contributed by atoms with E-state index in [0.717, 1.165) is 12.8 Å². The molecule has 0 atom stereocenters. The van der Waals surface area contributed by atoms with Crippen LogP contribution in [0.4, 0.5) is 4.39 Å². The first kappa shape index (κ1) is 12.8. The number of alkyl halides is 1. The maximum Gasteiger partial charge on any atom is 0.0866 e. The standard InChI is InChI=1S/C11H16FI/c1-3-6-11(7-4-9-12)8-5-10-13-2/h3-4,7,9H,1-2,5-6,8,10H2/b9-4?,11-7-. The summed E-state index contributed by atoms with van der Waals surface area (Å²) >= 11 is 0.157. The van der Waals surface area contributed by atoms with E-state index in [1.165, 1.54) is 22.5 Å². The zero-order chi connectivity index (χ0) is 9.94. The fraction of sp³-hybridized carbons (Fsp3) is 0.364. The predicted molar refractivity (Wildman–Crippen MR) is 68.4 cm³/mol. The van der Waals surface area contributed by atoms with Gasteiger partial charge in [0.15, 0.2) is 0 Å². The lowest BCUT2D eigenvalue weighted by Crippen LogP contribution is -1.83. The minimum Gasteiger partial charge on any atom is -0.216 e. The highest BCUT2D eigenvalue weighted by molar-refractivity contribution is 14.2. The van der Waals surface area contributed by atoms with Crippen LogP contribution in [-0.4, -0.2) is 8.94 Å². The van der Waals surface area contributed by atoms with Gasteiger partial charge in [-0.1, -0.05) is 22.2 Å². The Kier molecular flexibility index (Phi) is 9.65. The second kappa shape index (κ2) is 9.84. The number of hydrogen-bond acceptors (Lipinski definition) is 0. The predicted octanol–water partition coefficient (Wildman–Crippen LogP) is 4.16. The van der Waals surface area contributed by atoms with Crippen LogP contribution in [0.5, 0.6) is 0 Å². The van der Waals surface area contributed by atoms with E-state index in [9.17, 15) is 4.39 Å². The van der Waals surface area contributed by atoms with Crippen molar-refractivity contribution in [1.82, 2.24) is 0 Å². The van der Waals surface area contributed by atoms with Crippen LogP contribution >= 0.6 is 20.7 Å². The fourth-order valence-corrected chi connectivity index (χ4v) is 1.92. The van der Waals surface area contributed by atoms with Gasteiger partial charge in [-0.25, -0.2) is 4.39 Å². The van der Waals surface area contributed by atoms with Gasteiger partial charge in [0, 0.05) is 0 Å². The quantitative estimate of drug-likeness (QED) is 0.217. The van der Waals surface area contributed by atoms with Crippen molar-refractivity contribution in [2.45, 2.75) is 19.3 Å². The maximum absolute atomic E-state index is 11.7. The summed E-state index contributed by atoms with van der Waals surface area (Å²) in [5, 5.41) is 0. The van der Waals surface area contributed by atoms with Crippen LogP contribution in [0.15, 0.2) is 36.7 Å². The van der Waals surface area contributed by atoms with E-state index >= 15 is 0 Å². The van der Waals surface area contributed by atoms with Crippen molar-refractivity contribution in [2.75, 3.05) is 4.43 Å². The minimum atomic E-state index is 0.157. The molecule has 0 aromatic heterocycles. The Bertz CT molecular complexity index is 204. The molecule has 2 heteroatoms. The minimum absolute atomic E-state index is 0.157. The Balaban J connectivity index is 3.92. The molecule has 74 valence electrons. The molecule has 0 amide bonds. The molecule has 0 heterocycles. The number of allylic oxidation sites excluding steroid dienone is 4. The van der Waals surface area contributed by atoms with Crippen LogP contribution in [0.25, 0.3) is 0 Å². The molecule has 0 spiro atoms. The van der Waals surface area contributed by atoms with Crippen LogP contribution in [0, 0.1) is 0 Å². The van der Waals surface area contributed by atoms with E-state index in [-0.39, 0.29) is 20.7 Å². The van der Waals surface area contributed by atoms with E-state index in [2.05, 4.69) is 11.1 Å². The summed E-state index contributed by atoms with van der Waals surface area (Å²) in [6.07, 6.45) is 8.79. The number of halogens is 2. The van der Waals surface area contributed by atoms with Crippen molar-refractivity contribution in [1.29, 1.82) is 0 Å². The van der Waals surface area contributed by atoms with Gasteiger partial charge in [-0.3, -0.25) is 0 Å². The van der Waals surface area contributed by atoms with Crippen LogP contribution in [-0.2, 0) is 0 Å². The molecule has 0 aliphatic rings. The van der Waals surface area contributed by atoms with Crippen molar-refractivity contribution in [3.8, 4) is 0 Å². The molecule has 0 aromatic carbocycles. The molecule has 0 unspecified atom stereocenters. The zero-order valence-corrected chi connectivity index (χ0v) is 9.97. The molecular formula is C11H16FI. The average Bonchev–Trinajstić information content (AvgIpc) is 2.14. The molecule has 0 radical (unpaired) electrons. The van der Waals surface area contributed by atoms with Crippen molar-refractivity contribution < 1.29 is 4.39 Å². The van der Waals surface area contributed by atoms with Crippen molar-refractivity contribution in [2.24, 2.45) is 0 Å². The van der Waals surface area contributed by atoms with Crippen LogP contribution < -0.4 is 0 Å². The van der Waals surface area contributed by atoms with E-state index in [1.54, 1.807) is 0 Å². The molecule has 13 heavy (non-hydrogen) atoms. The third-order valence-electron chi connectivity index (χ3n) is 1.58. The molecule has 0 aliphatic heterocycles. The number of hydrogen-bond donors (Lipinski definition) is 0. The largest absolute Gasteiger partial charge is 0.216 e. The molecule has 0 fully saturated rings. The van der Waals surface area contributed by atoms with Crippen molar-refractivity contribution >= 4 is 25.2 Å². The first-order chi connectivity index (χ1) is 6.35. The van der Waals surface area contributed by atoms with Gasteiger partial charge in [-0.2, -0.15) is 0 Å². The molecule has 0 rings (SSSR count). The fourth-order valence-electron chi connectivity index (χ4n) is 1.000. The molecule has 0 aliphatic carbocycles. The van der Waals surface area contributed by atoms with Crippen molar-refractivity contribution in [3.63, 3.8) is 0 Å². The molecule has 0 aromatic rings. The lowest BCUT2D eigenvalue weighted by atomic mass is 10.1. The topological polar surface area (TPSA) is 0 Å². The monoisotopic (exact) mass is 294 g/mol. The average molecular weight is 294 g/mol. The summed E-state index contributed by atoms with van der Waals surface area (Å²) in [5.74, 6) is 0. The SMILES string of the molecule is C=CC/C(=C/C=CF)CCCI=C. The Hall–Kier alpha value is -0.250. The Labute approximate surface area is 90.0 Å². The Morgan fingerprint density at radius 1 is 1.46 bits per heavy atom. The third kappa shape index (κ3) is 8.09. The van der Waals surface area contributed by atoms with Gasteiger partial charge in [-0.05, 0) is 29.8 Å². The Morgan fingerprint density at radius 2 is 2.23 bits per heavy atom. The smallest absolute Gasteiger partial charge is 0.0866 e.